The van der Waals surface area contributed by atoms with Gasteiger partial charge in [0.2, 0.25) is 11.7 Å². The zero-order chi connectivity index (χ0) is 13.0. The number of rotatable bonds is 5. The third-order valence-electron chi connectivity index (χ3n) is 3.63. The maximum absolute atomic E-state index is 5.47. The summed E-state index contributed by atoms with van der Waals surface area (Å²) >= 11 is 0. The number of piperazine rings is 1. The third kappa shape index (κ3) is 2.88. The highest BCUT2D eigenvalue weighted by Crippen LogP contribution is 2.25. The first kappa shape index (κ1) is 13.5. The van der Waals surface area contributed by atoms with Gasteiger partial charge in [-0.1, -0.05) is 12.1 Å². The molecule has 1 atom stereocenters. The number of hydrogen-bond acceptors (Lipinski definition) is 6. The van der Waals surface area contributed by atoms with Gasteiger partial charge in [0.05, 0.1) is 6.54 Å². The molecule has 2 rings (SSSR count). The van der Waals surface area contributed by atoms with E-state index in [1.165, 1.54) is 0 Å². The molecular formula is C12H22N4O2. The summed E-state index contributed by atoms with van der Waals surface area (Å²) in [6.07, 6.45) is 0.816. The Morgan fingerprint density at radius 1 is 1.44 bits per heavy atom. The van der Waals surface area contributed by atoms with Crippen LogP contribution in [0.3, 0.4) is 0 Å². The Kier molecular flexibility index (Phi) is 4.31. The molecule has 18 heavy (non-hydrogen) atoms. The minimum absolute atomic E-state index is 0.453. The first-order chi connectivity index (χ1) is 8.68. The smallest absolute Gasteiger partial charge is 0.240 e. The van der Waals surface area contributed by atoms with Crippen LogP contribution in [-0.2, 0) is 16.9 Å². The van der Waals surface area contributed by atoms with Gasteiger partial charge in [-0.15, -0.1) is 0 Å². The Balaban J connectivity index is 2.01. The van der Waals surface area contributed by atoms with E-state index in [4.69, 9.17) is 9.26 Å². The van der Waals surface area contributed by atoms with Gasteiger partial charge in [0.25, 0.3) is 0 Å². The fourth-order valence-corrected chi connectivity index (χ4v) is 1.99. The quantitative estimate of drug-likeness (QED) is 0.836. The summed E-state index contributed by atoms with van der Waals surface area (Å²) < 4.78 is 10.8. The van der Waals surface area contributed by atoms with Gasteiger partial charge in [0, 0.05) is 33.3 Å². The van der Waals surface area contributed by atoms with E-state index in [1.807, 2.05) is 6.92 Å². The monoisotopic (exact) mass is 254 g/mol. The molecule has 6 heteroatoms. The fraction of sp³-hybridized carbons (Fsp3) is 0.833. The summed E-state index contributed by atoms with van der Waals surface area (Å²) in [6.45, 7) is 8.83. The molecule has 1 aromatic heterocycles. The minimum Gasteiger partial charge on any atom is -0.370 e. The Morgan fingerprint density at radius 2 is 2.17 bits per heavy atom. The van der Waals surface area contributed by atoms with Crippen molar-refractivity contribution in [2.75, 3.05) is 33.3 Å². The van der Waals surface area contributed by atoms with Crippen LogP contribution in [0.25, 0.3) is 0 Å². The summed E-state index contributed by atoms with van der Waals surface area (Å²) in [5.74, 6) is 1.31. The van der Waals surface area contributed by atoms with Crippen LogP contribution in [0.4, 0.5) is 0 Å². The van der Waals surface area contributed by atoms with E-state index in [9.17, 15) is 0 Å². The lowest BCUT2D eigenvalue weighted by molar-refractivity contribution is -0.0106. The first-order valence-corrected chi connectivity index (χ1v) is 6.49. The molecule has 0 spiro atoms. The second kappa shape index (κ2) is 5.77. The molecule has 1 unspecified atom stereocenters. The molecule has 6 nitrogen and oxygen atoms in total. The largest absolute Gasteiger partial charge is 0.370 e. The molecule has 1 aromatic rings. The lowest BCUT2D eigenvalue weighted by Crippen LogP contribution is -2.42. The molecule has 0 amide bonds. The number of ether oxygens (including phenoxy) is 1. The number of nitrogens with zero attached hydrogens (tertiary/aromatic N) is 3. The molecule has 1 saturated heterocycles. The lowest BCUT2D eigenvalue weighted by atomic mass is 10.0. The van der Waals surface area contributed by atoms with E-state index < -0.39 is 5.60 Å². The molecule has 1 aliphatic heterocycles. The van der Waals surface area contributed by atoms with Crippen LogP contribution in [0.15, 0.2) is 4.52 Å². The molecule has 0 aliphatic carbocycles. The molecule has 2 heterocycles. The standard InChI is InChI=1S/C12H22N4O2/c1-4-12(2,17-3)11-14-10(18-15-11)9-16-7-5-13-6-8-16/h13H,4-9H2,1-3H3. The van der Waals surface area contributed by atoms with Crippen LogP contribution in [0.1, 0.15) is 32.0 Å². The third-order valence-corrected chi connectivity index (χ3v) is 3.63. The topological polar surface area (TPSA) is 63.4 Å². The zero-order valence-electron chi connectivity index (χ0n) is 11.4. The summed E-state index contributed by atoms with van der Waals surface area (Å²) in [6, 6.07) is 0. The van der Waals surface area contributed by atoms with E-state index in [1.54, 1.807) is 7.11 Å². The van der Waals surface area contributed by atoms with Gasteiger partial charge < -0.3 is 14.6 Å². The lowest BCUT2D eigenvalue weighted by Gasteiger charge is -2.25. The van der Waals surface area contributed by atoms with E-state index >= 15 is 0 Å². The van der Waals surface area contributed by atoms with Crippen LogP contribution >= 0.6 is 0 Å². The van der Waals surface area contributed by atoms with Gasteiger partial charge in [-0.3, -0.25) is 4.90 Å². The molecule has 102 valence electrons. The van der Waals surface area contributed by atoms with Crippen molar-refractivity contribution in [3.05, 3.63) is 11.7 Å². The molecule has 0 bridgehead atoms. The van der Waals surface area contributed by atoms with Crippen LogP contribution in [-0.4, -0.2) is 48.3 Å². The van der Waals surface area contributed by atoms with Gasteiger partial charge in [0.15, 0.2) is 0 Å². The van der Waals surface area contributed by atoms with Crippen molar-refractivity contribution in [3.8, 4) is 0 Å². The van der Waals surface area contributed by atoms with Gasteiger partial charge in [-0.2, -0.15) is 4.98 Å². The second-order valence-corrected chi connectivity index (χ2v) is 4.83. The average molecular weight is 254 g/mol. The van der Waals surface area contributed by atoms with Crippen molar-refractivity contribution in [3.63, 3.8) is 0 Å². The van der Waals surface area contributed by atoms with E-state index in [0.717, 1.165) is 39.1 Å². The van der Waals surface area contributed by atoms with E-state index in [2.05, 4.69) is 27.3 Å². The van der Waals surface area contributed by atoms with Gasteiger partial charge in [0.1, 0.15) is 5.60 Å². The summed E-state index contributed by atoms with van der Waals surface area (Å²) in [5.41, 5.74) is -0.453. The number of methoxy groups -OCH3 is 1. The Labute approximate surface area is 108 Å². The molecule has 1 fully saturated rings. The van der Waals surface area contributed by atoms with Gasteiger partial charge in [-0.05, 0) is 13.3 Å². The molecular weight excluding hydrogens is 232 g/mol. The van der Waals surface area contributed by atoms with Crippen LogP contribution < -0.4 is 5.32 Å². The maximum atomic E-state index is 5.47. The van der Waals surface area contributed by atoms with Crippen LogP contribution in [0.5, 0.6) is 0 Å². The predicted molar refractivity (Wildman–Crippen MR) is 67.1 cm³/mol. The average Bonchev–Trinajstić information content (AvgIpc) is 2.88. The summed E-state index contributed by atoms with van der Waals surface area (Å²) in [4.78, 5) is 6.76. The zero-order valence-corrected chi connectivity index (χ0v) is 11.4. The normalized spacial score (nSPS) is 20.8. The van der Waals surface area contributed by atoms with E-state index in [-0.39, 0.29) is 0 Å². The van der Waals surface area contributed by atoms with Crippen LogP contribution in [0, 0.1) is 0 Å². The van der Waals surface area contributed by atoms with Crippen molar-refractivity contribution >= 4 is 0 Å². The highest BCUT2D eigenvalue weighted by atomic mass is 16.5. The highest BCUT2D eigenvalue weighted by molar-refractivity contribution is 4.99. The fourth-order valence-electron chi connectivity index (χ4n) is 1.99. The molecule has 1 N–H and O–H groups in total. The molecule has 0 radical (unpaired) electrons. The number of nitrogens with one attached hydrogen (secondary N) is 1. The molecule has 0 saturated carbocycles. The van der Waals surface area contributed by atoms with Crippen molar-refractivity contribution in [2.24, 2.45) is 0 Å². The highest BCUT2D eigenvalue weighted by Gasteiger charge is 2.30. The predicted octanol–water partition coefficient (Wildman–Crippen LogP) is 0.746. The van der Waals surface area contributed by atoms with Crippen molar-refractivity contribution in [1.29, 1.82) is 0 Å². The second-order valence-electron chi connectivity index (χ2n) is 4.83. The van der Waals surface area contributed by atoms with Crippen molar-refractivity contribution < 1.29 is 9.26 Å². The Bertz CT molecular complexity index is 370. The van der Waals surface area contributed by atoms with Gasteiger partial charge >= 0.3 is 0 Å². The van der Waals surface area contributed by atoms with Crippen molar-refractivity contribution in [1.82, 2.24) is 20.4 Å². The van der Waals surface area contributed by atoms with Crippen molar-refractivity contribution in [2.45, 2.75) is 32.4 Å². The number of aromatic nitrogens is 2. The molecule has 1 aliphatic rings. The SMILES string of the molecule is CCC(C)(OC)c1noc(CN2CCNCC2)n1. The maximum Gasteiger partial charge on any atom is 0.240 e. The summed E-state index contributed by atoms with van der Waals surface area (Å²) in [5, 5.41) is 7.36. The minimum atomic E-state index is -0.453. The van der Waals surface area contributed by atoms with E-state index in [0.29, 0.717) is 11.7 Å². The summed E-state index contributed by atoms with van der Waals surface area (Å²) in [7, 11) is 1.68. The number of hydrogen-bond donors (Lipinski definition) is 1. The Hall–Kier alpha value is -0.980. The molecule has 0 aromatic carbocycles. The Morgan fingerprint density at radius 3 is 2.78 bits per heavy atom. The first-order valence-electron chi connectivity index (χ1n) is 6.49. The van der Waals surface area contributed by atoms with Gasteiger partial charge in [-0.25, -0.2) is 0 Å². The van der Waals surface area contributed by atoms with Crippen LogP contribution in [0.2, 0.25) is 0 Å².